The van der Waals surface area contributed by atoms with Gasteiger partial charge in [-0.25, -0.2) is 0 Å². The monoisotopic (exact) mass is 397 g/mol. The van der Waals surface area contributed by atoms with Gasteiger partial charge in [0.2, 0.25) is 0 Å². The minimum atomic E-state index is -0.0228. The number of hydrogen-bond acceptors (Lipinski definition) is 2. The summed E-state index contributed by atoms with van der Waals surface area (Å²) >= 11 is 0. The van der Waals surface area contributed by atoms with Crippen LogP contribution in [0.25, 0.3) is 0 Å². The third-order valence-electron chi connectivity index (χ3n) is 6.13. The molecule has 2 heteroatoms. The van der Waals surface area contributed by atoms with Crippen LogP contribution >= 0.6 is 0 Å². The molecule has 0 saturated heterocycles. The Labute approximate surface area is 179 Å². The van der Waals surface area contributed by atoms with Crippen LogP contribution in [0.5, 0.6) is 0 Å². The Hall–Kier alpha value is -0.0800. The zero-order valence-corrected chi connectivity index (χ0v) is 20.8. The average molecular weight is 398 g/mol. The van der Waals surface area contributed by atoms with Crippen molar-refractivity contribution >= 4 is 0 Å². The number of nitrogens with one attached hydrogen (secondary N) is 1. The summed E-state index contributed by atoms with van der Waals surface area (Å²) in [6, 6.07) is 0. The maximum Gasteiger partial charge on any atom is 0.0638 e. The van der Waals surface area contributed by atoms with Crippen molar-refractivity contribution < 1.29 is 4.74 Å². The smallest absolute Gasteiger partial charge is 0.0638 e. The molecule has 0 saturated carbocycles. The Morgan fingerprint density at radius 2 is 1.21 bits per heavy atom. The van der Waals surface area contributed by atoms with E-state index in [4.69, 9.17) is 4.74 Å². The number of ether oxygens (including phenoxy) is 1. The molecule has 0 aliphatic carbocycles. The van der Waals surface area contributed by atoms with Gasteiger partial charge in [0.25, 0.3) is 0 Å². The van der Waals surface area contributed by atoms with E-state index >= 15 is 0 Å². The van der Waals surface area contributed by atoms with Crippen LogP contribution < -0.4 is 5.32 Å². The van der Waals surface area contributed by atoms with Crippen LogP contribution in [-0.2, 0) is 4.74 Å². The van der Waals surface area contributed by atoms with Crippen LogP contribution in [0.1, 0.15) is 138 Å². The fraction of sp³-hybridized carbons (Fsp3) is 1.00. The predicted molar refractivity (Wildman–Crippen MR) is 127 cm³/mol. The number of rotatable bonds is 20. The summed E-state index contributed by atoms with van der Waals surface area (Å²) in [6.07, 6.45) is 18.7. The van der Waals surface area contributed by atoms with Gasteiger partial charge in [-0.05, 0) is 58.9 Å². The first-order valence-corrected chi connectivity index (χ1v) is 12.6. The molecule has 0 aliphatic rings. The fourth-order valence-corrected chi connectivity index (χ4v) is 3.85. The summed E-state index contributed by atoms with van der Waals surface area (Å²) in [6.45, 7) is 18.1. The molecule has 0 fully saturated rings. The van der Waals surface area contributed by atoms with Gasteiger partial charge in [0.15, 0.2) is 0 Å². The van der Waals surface area contributed by atoms with E-state index in [0.29, 0.717) is 5.54 Å². The Kier molecular flexibility index (Phi) is 16.6. The predicted octanol–water partition coefficient (Wildman–Crippen LogP) is 8.29. The molecule has 1 N–H and O–H groups in total. The van der Waals surface area contributed by atoms with Crippen LogP contribution in [0.15, 0.2) is 0 Å². The minimum absolute atomic E-state index is 0.0228. The Bertz CT molecular complexity index is 323. The van der Waals surface area contributed by atoms with Crippen molar-refractivity contribution in [2.75, 3.05) is 13.2 Å². The first-order valence-electron chi connectivity index (χ1n) is 12.6. The van der Waals surface area contributed by atoms with Gasteiger partial charge in [-0.15, -0.1) is 0 Å². The molecule has 0 bridgehead atoms. The highest BCUT2D eigenvalue weighted by Gasteiger charge is 2.25. The normalized spacial score (nSPS) is 12.9. The van der Waals surface area contributed by atoms with E-state index in [1.165, 1.54) is 77.0 Å². The van der Waals surface area contributed by atoms with Crippen LogP contribution in [-0.4, -0.2) is 24.3 Å². The van der Waals surface area contributed by atoms with Gasteiger partial charge < -0.3 is 10.1 Å². The van der Waals surface area contributed by atoms with E-state index in [1.807, 2.05) is 0 Å². The van der Waals surface area contributed by atoms with Gasteiger partial charge in [0.1, 0.15) is 0 Å². The molecule has 0 rings (SSSR count). The zero-order valence-electron chi connectivity index (χ0n) is 20.8. The lowest BCUT2D eigenvalue weighted by molar-refractivity contribution is -0.0284. The standard InChI is InChI=1S/C26H55NO/c1-8-10-12-14-16-19-26(7,20-17-15-13-11-9-2)27-22-21-25(5,6)28-23-18-24(3)4/h24,27H,8-23H2,1-7H3. The molecule has 0 radical (unpaired) electrons. The largest absolute Gasteiger partial charge is 0.376 e. The molecule has 0 aromatic heterocycles. The van der Waals surface area contributed by atoms with Gasteiger partial charge in [-0.1, -0.05) is 91.9 Å². The number of hydrogen-bond donors (Lipinski definition) is 1. The molecule has 0 atom stereocenters. The van der Waals surface area contributed by atoms with Gasteiger partial charge in [-0.3, -0.25) is 0 Å². The maximum atomic E-state index is 6.17. The fourth-order valence-electron chi connectivity index (χ4n) is 3.85. The van der Waals surface area contributed by atoms with E-state index in [9.17, 15) is 0 Å². The Balaban J connectivity index is 4.35. The molecule has 28 heavy (non-hydrogen) atoms. The summed E-state index contributed by atoms with van der Waals surface area (Å²) in [4.78, 5) is 0. The van der Waals surface area contributed by atoms with Crippen LogP contribution in [0, 0.1) is 5.92 Å². The zero-order chi connectivity index (χ0) is 21.3. The van der Waals surface area contributed by atoms with E-state index < -0.39 is 0 Å². The lowest BCUT2D eigenvalue weighted by Gasteiger charge is -2.34. The first kappa shape index (κ1) is 27.9. The van der Waals surface area contributed by atoms with Crippen LogP contribution in [0.4, 0.5) is 0 Å². The quantitative estimate of drug-likeness (QED) is 0.209. The SMILES string of the molecule is CCCCCCCC(C)(CCCCCCC)NCCC(C)(C)OCCC(C)C. The molecule has 0 spiro atoms. The van der Waals surface area contributed by atoms with Crippen molar-refractivity contribution in [3.63, 3.8) is 0 Å². The Morgan fingerprint density at radius 1 is 0.714 bits per heavy atom. The minimum Gasteiger partial charge on any atom is -0.376 e. The molecule has 0 unspecified atom stereocenters. The van der Waals surface area contributed by atoms with Gasteiger partial charge >= 0.3 is 0 Å². The second kappa shape index (κ2) is 16.7. The molecular formula is C26H55NO. The molecule has 0 heterocycles. The van der Waals surface area contributed by atoms with Gasteiger partial charge in [0.05, 0.1) is 5.60 Å². The summed E-state index contributed by atoms with van der Waals surface area (Å²) in [7, 11) is 0. The van der Waals surface area contributed by atoms with Crippen molar-refractivity contribution in [2.45, 2.75) is 149 Å². The third kappa shape index (κ3) is 16.8. The molecular weight excluding hydrogens is 342 g/mol. The van der Waals surface area contributed by atoms with E-state index in [2.05, 4.69) is 53.8 Å². The van der Waals surface area contributed by atoms with E-state index in [-0.39, 0.29) is 5.60 Å². The second-order valence-electron chi connectivity index (χ2n) is 10.4. The highest BCUT2D eigenvalue weighted by molar-refractivity contribution is 4.84. The molecule has 2 nitrogen and oxygen atoms in total. The lowest BCUT2D eigenvalue weighted by Crippen LogP contribution is -2.44. The van der Waals surface area contributed by atoms with Gasteiger partial charge in [0, 0.05) is 12.1 Å². The molecule has 170 valence electrons. The average Bonchev–Trinajstić information content (AvgIpc) is 2.61. The second-order valence-corrected chi connectivity index (χ2v) is 10.4. The number of unbranched alkanes of at least 4 members (excludes halogenated alkanes) is 8. The van der Waals surface area contributed by atoms with Crippen molar-refractivity contribution in [1.29, 1.82) is 0 Å². The topological polar surface area (TPSA) is 21.3 Å². The molecule has 0 aromatic carbocycles. The van der Waals surface area contributed by atoms with Crippen molar-refractivity contribution in [1.82, 2.24) is 5.32 Å². The highest BCUT2D eigenvalue weighted by Crippen LogP contribution is 2.24. The maximum absolute atomic E-state index is 6.17. The highest BCUT2D eigenvalue weighted by atomic mass is 16.5. The molecule has 0 amide bonds. The summed E-state index contributed by atoms with van der Waals surface area (Å²) in [5.74, 6) is 0.720. The lowest BCUT2D eigenvalue weighted by atomic mass is 9.87. The summed E-state index contributed by atoms with van der Waals surface area (Å²) in [5.41, 5.74) is 0.275. The summed E-state index contributed by atoms with van der Waals surface area (Å²) < 4.78 is 6.17. The Morgan fingerprint density at radius 3 is 1.68 bits per heavy atom. The molecule has 0 aromatic rings. The van der Waals surface area contributed by atoms with Gasteiger partial charge in [-0.2, -0.15) is 0 Å². The van der Waals surface area contributed by atoms with Crippen LogP contribution in [0.3, 0.4) is 0 Å². The van der Waals surface area contributed by atoms with E-state index in [0.717, 1.165) is 31.9 Å². The summed E-state index contributed by atoms with van der Waals surface area (Å²) in [5, 5.41) is 3.95. The molecule has 0 aliphatic heterocycles. The van der Waals surface area contributed by atoms with Crippen molar-refractivity contribution in [3.05, 3.63) is 0 Å². The van der Waals surface area contributed by atoms with Crippen molar-refractivity contribution in [3.8, 4) is 0 Å². The van der Waals surface area contributed by atoms with Crippen LogP contribution in [0.2, 0.25) is 0 Å². The first-order chi connectivity index (χ1) is 13.2. The third-order valence-corrected chi connectivity index (χ3v) is 6.13. The van der Waals surface area contributed by atoms with Crippen molar-refractivity contribution in [2.24, 2.45) is 5.92 Å². The van der Waals surface area contributed by atoms with E-state index in [1.54, 1.807) is 0 Å².